The molecule has 31 heavy (non-hydrogen) atoms. The molecule has 3 rings (SSSR count). The number of para-hydroxylation sites is 1. The number of esters is 1. The van der Waals surface area contributed by atoms with Gasteiger partial charge in [0.15, 0.2) is 0 Å². The third-order valence-corrected chi connectivity index (χ3v) is 4.90. The Kier molecular flexibility index (Phi) is 6.86. The first kappa shape index (κ1) is 21.8. The number of carbonyl (C=O) groups is 2. The fourth-order valence-corrected chi connectivity index (χ4v) is 3.35. The van der Waals surface area contributed by atoms with Gasteiger partial charge in [-0.2, -0.15) is 0 Å². The molecular weight excluding hydrogens is 402 g/mol. The van der Waals surface area contributed by atoms with Crippen molar-refractivity contribution in [1.29, 1.82) is 0 Å². The summed E-state index contributed by atoms with van der Waals surface area (Å²) in [4.78, 5) is 37.3. The molecule has 0 bridgehead atoms. The van der Waals surface area contributed by atoms with Crippen LogP contribution >= 0.6 is 0 Å². The van der Waals surface area contributed by atoms with Crippen LogP contribution in [0.5, 0.6) is 5.75 Å². The maximum atomic E-state index is 12.9. The molecule has 0 radical (unpaired) electrons. The highest BCUT2D eigenvalue weighted by Gasteiger charge is 2.36. The van der Waals surface area contributed by atoms with Crippen molar-refractivity contribution >= 4 is 17.7 Å². The van der Waals surface area contributed by atoms with Crippen molar-refractivity contribution in [2.45, 2.75) is 19.9 Å². The Morgan fingerprint density at radius 2 is 1.81 bits per heavy atom. The first-order valence-corrected chi connectivity index (χ1v) is 9.80. The number of benzene rings is 2. The van der Waals surface area contributed by atoms with Crippen LogP contribution in [0, 0.1) is 10.1 Å². The molecule has 0 unspecified atom stereocenters. The minimum absolute atomic E-state index is 0.0254. The fraction of sp³-hybridized carbons (Fsp3) is 0.273. The Balaban J connectivity index is 1.78. The number of hydrogen-bond donors (Lipinski definition) is 1. The second-order valence-corrected chi connectivity index (χ2v) is 6.77. The highest BCUT2D eigenvalue weighted by atomic mass is 16.6. The molecule has 0 fully saturated rings. The summed E-state index contributed by atoms with van der Waals surface area (Å²) in [7, 11) is 0. The van der Waals surface area contributed by atoms with Gasteiger partial charge in [0, 0.05) is 24.4 Å². The SMILES string of the molecule is CCN1C(=O)N[C@@H](c2ccc([N+](=O)[O-])cc2)C(C(=O)OCCOc2ccccc2)=C1C. The van der Waals surface area contributed by atoms with E-state index >= 15 is 0 Å². The van der Waals surface area contributed by atoms with E-state index in [1.165, 1.54) is 29.2 Å². The van der Waals surface area contributed by atoms with Crippen molar-refractivity contribution in [3.05, 3.63) is 81.5 Å². The Morgan fingerprint density at radius 3 is 2.42 bits per heavy atom. The van der Waals surface area contributed by atoms with Crippen molar-refractivity contribution in [2.75, 3.05) is 19.8 Å². The molecule has 2 aromatic carbocycles. The van der Waals surface area contributed by atoms with Crippen LogP contribution in [0.3, 0.4) is 0 Å². The van der Waals surface area contributed by atoms with E-state index in [9.17, 15) is 19.7 Å². The molecule has 0 spiro atoms. The second kappa shape index (κ2) is 9.75. The number of hydrogen-bond acceptors (Lipinski definition) is 6. The van der Waals surface area contributed by atoms with Gasteiger partial charge in [-0.1, -0.05) is 18.2 Å². The number of urea groups is 1. The second-order valence-electron chi connectivity index (χ2n) is 6.77. The number of carbonyl (C=O) groups excluding carboxylic acids is 2. The van der Waals surface area contributed by atoms with E-state index in [-0.39, 0.29) is 30.5 Å². The van der Waals surface area contributed by atoms with Gasteiger partial charge in [0.1, 0.15) is 19.0 Å². The molecule has 2 aromatic rings. The fourth-order valence-electron chi connectivity index (χ4n) is 3.35. The summed E-state index contributed by atoms with van der Waals surface area (Å²) < 4.78 is 10.9. The maximum Gasteiger partial charge on any atom is 0.338 e. The number of allylic oxidation sites excluding steroid dienone is 1. The minimum Gasteiger partial charge on any atom is -0.490 e. The maximum absolute atomic E-state index is 12.9. The Bertz CT molecular complexity index is 988. The molecule has 1 atom stereocenters. The lowest BCUT2D eigenvalue weighted by Crippen LogP contribution is -2.48. The van der Waals surface area contributed by atoms with Gasteiger partial charge >= 0.3 is 12.0 Å². The van der Waals surface area contributed by atoms with E-state index in [0.29, 0.717) is 23.6 Å². The van der Waals surface area contributed by atoms with E-state index in [4.69, 9.17) is 9.47 Å². The van der Waals surface area contributed by atoms with E-state index in [2.05, 4.69) is 5.32 Å². The number of rotatable bonds is 8. The van der Waals surface area contributed by atoms with Crippen molar-refractivity contribution < 1.29 is 24.0 Å². The molecule has 0 saturated heterocycles. The largest absolute Gasteiger partial charge is 0.490 e. The first-order valence-electron chi connectivity index (χ1n) is 9.80. The lowest BCUT2D eigenvalue weighted by Gasteiger charge is -2.34. The van der Waals surface area contributed by atoms with E-state index in [0.717, 1.165) is 0 Å². The van der Waals surface area contributed by atoms with Gasteiger partial charge in [0.2, 0.25) is 0 Å². The molecule has 2 amide bonds. The van der Waals surface area contributed by atoms with Gasteiger partial charge in [-0.15, -0.1) is 0 Å². The van der Waals surface area contributed by atoms with Crippen LogP contribution in [-0.4, -0.2) is 41.6 Å². The van der Waals surface area contributed by atoms with E-state index < -0.39 is 16.9 Å². The summed E-state index contributed by atoms with van der Waals surface area (Å²) in [5, 5.41) is 13.7. The Morgan fingerprint density at radius 1 is 1.13 bits per heavy atom. The first-order chi connectivity index (χ1) is 14.9. The van der Waals surface area contributed by atoms with Gasteiger partial charge in [0.25, 0.3) is 5.69 Å². The van der Waals surface area contributed by atoms with Gasteiger partial charge < -0.3 is 14.8 Å². The summed E-state index contributed by atoms with van der Waals surface area (Å²) in [6, 6.07) is 13.7. The molecule has 162 valence electrons. The summed E-state index contributed by atoms with van der Waals surface area (Å²) in [5.74, 6) is 0.0794. The number of amides is 2. The third-order valence-electron chi connectivity index (χ3n) is 4.90. The van der Waals surface area contributed by atoms with Crippen molar-refractivity contribution in [2.24, 2.45) is 0 Å². The Hall–Kier alpha value is -3.88. The molecule has 0 aliphatic carbocycles. The van der Waals surface area contributed by atoms with Crippen LogP contribution < -0.4 is 10.1 Å². The monoisotopic (exact) mass is 425 g/mol. The smallest absolute Gasteiger partial charge is 0.338 e. The number of nitrogens with zero attached hydrogens (tertiary/aromatic N) is 2. The van der Waals surface area contributed by atoms with Gasteiger partial charge in [-0.05, 0) is 43.7 Å². The van der Waals surface area contributed by atoms with Crippen LogP contribution in [0.25, 0.3) is 0 Å². The predicted octanol–water partition coefficient (Wildman–Crippen LogP) is 3.58. The van der Waals surface area contributed by atoms with Crippen LogP contribution in [-0.2, 0) is 9.53 Å². The molecule has 1 aliphatic heterocycles. The highest BCUT2D eigenvalue weighted by molar-refractivity contribution is 5.95. The molecular formula is C22H23N3O6. The van der Waals surface area contributed by atoms with Crippen LogP contribution in [0.1, 0.15) is 25.5 Å². The summed E-state index contributed by atoms with van der Waals surface area (Å²) in [6.07, 6.45) is 0. The van der Waals surface area contributed by atoms with E-state index in [1.54, 1.807) is 26.0 Å². The van der Waals surface area contributed by atoms with Crippen molar-refractivity contribution in [3.63, 3.8) is 0 Å². The predicted molar refractivity (Wildman–Crippen MR) is 112 cm³/mol. The normalized spacial score (nSPS) is 16.0. The summed E-state index contributed by atoms with van der Waals surface area (Å²) in [5.41, 5.74) is 1.21. The summed E-state index contributed by atoms with van der Waals surface area (Å²) >= 11 is 0. The number of non-ortho nitro benzene ring substituents is 1. The minimum atomic E-state index is -0.779. The van der Waals surface area contributed by atoms with Crippen molar-refractivity contribution in [1.82, 2.24) is 10.2 Å². The van der Waals surface area contributed by atoms with Gasteiger partial charge in [-0.3, -0.25) is 15.0 Å². The van der Waals surface area contributed by atoms with Crippen molar-refractivity contribution in [3.8, 4) is 5.75 Å². The summed E-state index contributed by atoms with van der Waals surface area (Å²) in [6.45, 7) is 4.05. The third kappa shape index (κ3) is 5.00. The molecule has 9 nitrogen and oxygen atoms in total. The van der Waals surface area contributed by atoms with Gasteiger partial charge in [-0.25, -0.2) is 9.59 Å². The molecule has 9 heteroatoms. The van der Waals surface area contributed by atoms with Crippen LogP contribution in [0.15, 0.2) is 65.9 Å². The zero-order chi connectivity index (χ0) is 22.4. The topological polar surface area (TPSA) is 111 Å². The number of nitrogens with one attached hydrogen (secondary N) is 1. The average Bonchev–Trinajstić information content (AvgIpc) is 2.77. The number of nitro benzene ring substituents is 1. The van der Waals surface area contributed by atoms with Gasteiger partial charge in [0.05, 0.1) is 16.5 Å². The Labute approximate surface area is 179 Å². The molecule has 0 aromatic heterocycles. The van der Waals surface area contributed by atoms with E-state index in [1.807, 2.05) is 18.2 Å². The lowest BCUT2D eigenvalue weighted by molar-refractivity contribution is -0.384. The average molecular weight is 425 g/mol. The highest BCUT2D eigenvalue weighted by Crippen LogP contribution is 2.32. The standard InChI is InChI=1S/C22H23N3O6/c1-3-24-15(2)19(21(26)31-14-13-30-18-7-5-4-6-8-18)20(23-22(24)27)16-9-11-17(12-10-16)25(28)29/h4-12,20H,3,13-14H2,1-2H3,(H,23,27)/t20-/m0/s1. The zero-order valence-corrected chi connectivity index (χ0v) is 17.2. The number of nitro groups is 1. The zero-order valence-electron chi connectivity index (χ0n) is 17.2. The number of ether oxygens (including phenoxy) is 2. The molecule has 1 aliphatic rings. The molecule has 1 N–H and O–H groups in total. The molecule has 0 saturated carbocycles. The molecule has 1 heterocycles. The lowest BCUT2D eigenvalue weighted by atomic mass is 9.94. The van der Waals surface area contributed by atoms with Crippen LogP contribution in [0.4, 0.5) is 10.5 Å². The van der Waals surface area contributed by atoms with Crippen LogP contribution in [0.2, 0.25) is 0 Å². The quantitative estimate of drug-likeness (QED) is 0.300.